The zero-order valence-electron chi connectivity index (χ0n) is 15.4. The Labute approximate surface area is 141 Å². The van der Waals surface area contributed by atoms with Crippen LogP contribution in [0, 0.1) is 6.92 Å². The fourth-order valence-electron chi connectivity index (χ4n) is 2.37. The van der Waals surface area contributed by atoms with Crippen molar-refractivity contribution in [3.8, 4) is 0 Å². The predicted octanol–water partition coefficient (Wildman–Crippen LogP) is 4.34. The number of aryl methyl sites for hydroxylation is 1. The molecule has 0 aromatic heterocycles. The van der Waals surface area contributed by atoms with Crippen molar-refractivity contribution in [2.75, 3.05) is 6.54 Å². The first-order valence-electron chi connectivity index (χ1n) is 8.54. The van der Waals surface area contributed by atoms with Crippen LogP contribution in [-0.2, 0) is 4.74 Å². The lowest BCUT2D eigenvalue weighted by molar-refractivity contribution is 0.0521. The average Bonchev–Trinajstić information content (AvgIpc) is 2.47. The van der Waals surface area contributed by atoms with Gasteiger partial charge in [0.15, 0.2) is 0 Å². The number of benzene rings is 1. The van der Waals surface area contributed by atoms with Gasteiger partial charge in [-0.25, -0.2) is 4.79 Å². The maximum absolute atomic E-state index is 11.8. The van der Waals surface area contributed by atoms with Crippen molar-refractivity contribution < 1.29 is 9.53 Å². The predicted molar refractivity (Wildman–Crippen MR) is 95.7 cm³/mol. The number of rotatable bonds is 7. The van der Waals surface area contributed by atoms with Crippen LogP contribution < -0.4 is 10.6 Å². The summed E-state index contributed by atoms with van der Waals surface area (Å²) in [5.41, 5.74) is 2.09. The third-order valence-corrected chi connectivity index (χ3v) is 3.71. The van der Waals surface area contributed by atoms with E-state index in [1.54, 1.807) is 0 Å². The molecule has 0 spiro atoms. The Balaban J connectivity index is 2.56. The highest BCUT2D eigenvalue weighted by atomic mass is 16.6. The lowest BCUT2D eigenvalue weighted by Crippen LogP contribution is -2.43. The van der Waals surface area contributed by atoms with E-state index in [-0.39, 0.29) is 12.1 Å². The minimum atomic E-state index is -0.465. The quantitative estimate of drug-likeness (QED) is 0.786. The summed E-state index contributed by atoms with van der Waals surface area (Å²) in [5, 5.41) is 6.49. The Hall–Kier alpha value is -1.55. The van der Waals surface area contributed by atoms with Gasteiger partial charge in [-0.15, -0.1) is 0 Å². The number of hydrogen-bond acceptors (Lipinski definition) is 3. The second-order valence-corrected chi connectivity index (χ2v) is 7.03. The van der Waals surface area contributed by atoms with Gasteiger partial charge in [0.05, 0.1) is 0 Å². The topological polar surface area (TPSA) is 50.4 Å². The first-order chi connectivity index (χ1) is 10.7. The van der Waals surface area contributed by atoms with Gasteiger partial charge >= 0.3 is 6.09 Å². The van der Waals surface area contributed by atoms with Gasteiger partial charge < -0.3 is 15.4 Å². The molecule has 4 heteroatoms. The van der Waals surface area contributed by atoms with Gasteiger partial charge in [0, 0.05) is 18.6 Å². The van der Waals surface area contributed by atoms with Crippen LogP contribution >= 0.6 is 0 Å². The van der Waals surface area contributed by atoms with Gasteiger partial charge in [0.1, 0.15) is 5.60 Å². The number of carbonyl (C=O) groups is 1. The highest BCUT2D eigenvalue weighted by Crippen LogP contribution is 2.18. The molecule has 1 rings (SSSR count). The highest BCUT2D eigenvalue weighted by Gasteiger charge is 2.18. The van der Waals surface area contributed by atoms with Crippen LogP contribution in [0.15, 0.2) is 24.3 Å². The minimum absolute atomic E-state index is 0.216. The van der Waals surface area contributed by atoms with Crippen LogP contribution in [0.4, 0.5) is 4.79 Å². The van der Waals surface area contributed by atoms with E-state index in [4.69, 9.17) is 4.74 Å². The Morgan fingerprint density at radius 1 is 1.13 bits per heavy atom. The molecular weight excluding hydrogens is 288 g/mol. The van der Waals surface area contributed by atoms with Gasteiger partial charge in [0.25, 0.3) is 0 Å². The van der Waals surface area contributed by atoms with E-state index in [9.17, 15) is 4.79 Å². The number of carbonyl (C=O) groups excluding carboxylic acids is 1. The molecule has 1 amide bonds. The number of alkyl carbamates (subject to hydrolysis) is 1. The Kier molecular flexibility index (Phi) is 7.56. The largest absolute Gasteiger partial charge is 0.444 e. The second kappa shape index (κ2) is 8.92. The molecule has 0 radical (unpaired) electrons. The van der Waals surface area contributed by atoms with Crippen molar-refractivity contribution in [2.45, 2.75) is 72.1 Å². The molecule has 130 valence electrons. The molecule has 0 bridgehead atoms. The van der Waals surface area contributed by atoms with Crippen LogP contribution in [0.2, 0.25) is 0 Å². The third kappa shape index (κ3) is 7.51. The molecule has 0 saturated heterocycles. The summed E-state index contributed by atoms with van der Waals surface area (Å²) < 4.78 is 5.28. The number of amides is 1. The fraction of sp³-hybridized carbons (Fsp3) is 0.632. The Morgan fingerprint density at radius 2 is 1.74 bits per heavy atom. The SMILES string of the molecule is CCC(CNC(=O)OC(C)(C)C)NC(CC)c1ccc(C)cc1. The summed E-state index contributed by atoms with van der Waals surface area (Å²) in [6.07, 6.45) is 1.59. The van der Waals surface area contributed by atoms with Crippen LogP contribution in [0.1, 0.15) is 64.6 Å². The fourth-order valence-corrected chi connectivity index (χ4v) is 2.37. The molecule has 2 atom stereocenters. The van der Waals surface area contributed by atoms with E-state index < -0.39 is 5.60 Å². The summed E-state index contributed by atoms with van der Waals surface area (Å²) in [6, 6.07) is 9.13. The van der Waals surface area contributed by atoms with Gasteiger partial charge in [-0.3, -0.25) is 0 Å². The van der Waals surface area contributed by atoms with Gasteiger partial charge in [-0.1, -0.05) is 43.7 Å². The van der Waals surface area contributed by atoms with Crippen molar-refractivity contribution in [3.63, 3.8) is 0 Å². The summed E-state index contributed by atoms with van der Waals surface area (Å²) in [4.78, 5) is 11.8. The van der Waals surface area contributed by atoms with E-state index in [1.807, 2.05) is 20.8 Å². The maximum Gasteiger partial charge on any atom is 0.407 e. The minimum Gasteiger partial charge on any atom is -0.444 e. The standard InChI is InChI=1S/C19H32N2O2/c1-7-16(13-20-18(22)23-19(4,5)6)21-17(8-2)15-11-9-14(3)10-12-15/h9-12,16-17,21H,7-8,13H2,1-6H3,(H,20,22). The summed E-state index contributed by atoms with van der Waals surface area (Å²) in [5.74, 6) is 0. The molecule has 1 aromatic rings. The first-order valence-corrected chi connectivity index (χ1v) is 8.54. The van der Waals surface area contributed by atoms with Gasteiger partial charge in [-0.05, 0) is 46.1 Å². The zero-order valence-corrected chi connectivity index (χ0v) is 15.4. The van der Waals surface area contributed by atoms with Crippen LogP contribution in [0.3, 0.4) is 0 Å². The number of ether oxygens (including phenoxy) is 1. The Morgan fingerprint density at radius 3 is 2.22 bits per heavy atom. The van der Waals surface area contributed by atoms with Crippen molar-refractivity contribution in [2.24, 2.45) is 0 Å². The first kappa shape index (κ1) is 19.5. The molecule has 0 heterocycles. The van der Waals surface area contributed by atoms with Crippen molar-refractivity contribution >= 4 is 6.09 Å². The van der Waals surface area contributed by atoms with E-state index >= 15 is 0 Å². The maximum atomic E-state index is 11.8. The highest BCUT2D eigenvalue weighted by molar-refractivity contribution is 5.67. The van der Waals surface area contributed by atoms with Crippen molar-refractivity contribution in [3.05, 3.63) is 35.4 Å². The van der Waals surface area contributed by atoms with E-state index in [2.05, 4.69) is 55.7 Å². The van der Waals surface area contributed by atoms with E-state index in [0.29, 0.717) is 12.6 Å². The van der Waals surface area contributed by atoms with E-state index in [1.165, 1.54) is 11.1 Å². The van der Waals surface area contributed by atoms with Crippen LogP contribution in [0.25, 0.3) is 0 Å². The van der Waals surface area contributed by atoms with Crippen molar-refractivity contribution in [1.29, 1.82) is 0 Å². The molecule has 4 nitrogen and oxygen atoms in total. The Bertz CT molecular complexity index is 477. The molecule has 2 N–H and O–H groups in total. The zero-order chi connectivity index (χ0) is 17.5. The molecule has 23 heavy (non-hydrogen) atoms. The number of nitrogens with one attached hydrogen (secondary N) is 2. The van der Waals surface area contributed by atoms with E-state index in [0.717, 1.165) is 12.8 Å². The molecule has 0 aliphatic rings. The molecule has 0 saturated carbocycles. The van der Waals surface area contributed by atoms with Gasteiger partial charge in [0.2, 0.25) is 0 Å². The monoisotopic (exact) mass is 320 g/mol. The molecule has 0 aliphatic heterocycles. The van der Waals surface area contributed by atoms with Crippen molar-refractivity contribution in [1.82, 2.24) is 10.6 Å². The second-order valence-electron chi connectivity index (χ2n) is 7.03. The van der Waals surface area contributed by atoms with Gasteiger partial charge in [-0.2, -0.15) is 0 Å². The van der Waals surface area contributed by atoms with Crippen LogP contribution in [-0.4, -0.2) is 24.3 Å². The third-order valence-electron chi connectivity index (χ3n) is 3.71. The molecule has 1 aromatic carbocycles. The lowest BCUT2D eigenvalue weighted by atomic mass is 10.0. The molecule has 0 fully saturated rings. The molecular formula is C19H32N2O2. The van der Waals surface area contributed by atoms with Crippen LogP contribution in [0.5, 0.6) is 0 Å². The smallest absolute Gasteiger partial charge is 0.407 e. The lowest BCUT2D eigenvalue weighted by Gasteiger charge is -2.26. The summed E-state index contributed by atoms with van der Waals surface area (Å²) >= 11 is 0. The summed E-state index contributed by atoms with van der Waals surface area (Å²) in [7, 11) is 0. The molecule has 0 aliphatic carbocycles. The average molecular weight is 320 g/mol. The number of hydrogen-bond donors (Lipinski definition) is 2. The molecule has 2 unspecified atom stereocenters. The normalized spacial score (nSPS) is 14.2. The summed E-state index contributed by atoms with van der Waals surface area (Å²) in [6.45, 7) is 12.6.